The Hall–Kier alpha value is -1.14. The smallest absolute Gasteiger partial charge is 0.0933 e. The highest BCUT2D eigenvalue weighted by molar-refractivity contribution is 5.69. The van der Waals surface area contributed by atoms with Crippen molar-refractivity contribution in [3.8, 4) is 0 Å². The first kappa shape index (κ1) is 14.9. The second kappa shape index (κ2) is 8.06. The third-order valence-corrected chi connectivity index (χ3v) is 2.25. The first-order valence-electron chi connectivity index (χ1n) is 5.23. The van der Waals surface area contributed by atoms with Gasteiger partial charge in [-0.15, -0.1) is 0 Å². The molecule has 2 unspecified atom stereocenters. The topological polar surface area (TPSA) is 121 Å². The lowest BCUT2D eigenvalue weighted by Crippen LogP contribution is -2.35. The minimum absolute atomic E-state index is 0.130. The monoisotopic (exact) mass is 232 g/mol. The summed E-state index contributed by atoms with van der Waals surface area (Å²) in [6, 6.07) is 0. The normalized spacial score (nSPS) is 14.4. The van der Waals surface area contributed by atoms with Crippen LogP contribution in [0.1, 0.15) is 38.5 Å². The Labute approximate surface area is 93.5 Å². The zero-order valence-electron chi connectivity index (χ0n) is 8.92. The number of rotatable bonds is 9. The quantitative estimate of drug-likeness (QED) is 0.426. The van der Waals surface area contributed by atoms with Gasteiger partial charge in [0.15, 0.2) is 0 Å². The zero-order chi connectivity index (χ0) is 12.6. The minimum Gasteiger partial charge on any atom is -0.547 e. The van der Waals surface area contributed by atoms with Crippen LogP contribution < -0.4 is 10.2 Å². The molecule has 0 aliphatic rings. The number of unbranched alkanes of at least 4 members (excludes halogenated alkanes) is 3. The van der Waals surface area contributed by atoms with Gasteiger partial charge in [0.1, 0.15) is 0 Å². The Balaban J connectivity index is 3.34. The molecule has 0 fully saturated rings. The molecule has 2 N–H and O–H groups in total. The fourth-order valence-electron chi connectivity index (χ4n) is 1.26. The van der Waals surface area contributed by atoms with E-state index in [4.69, 9.17) is 10.2 Å². The molecule has 0 aromatic rings. The summed E-state index contributed by atoms with van der Waals surface area (Å²) in [5, 5.41) is 37.9. The Morgan fingerprint density at radius 2 is 1.12 bits per heavy atom. The number of aliphatic carboxylic acids is 2. The predicted octanol–water partition coefficient (Wildman–Crippen LogP) is -2.45. The summed E-state index contributed by atoms with van der Waals surface area (Å²) in [7, 11) is 0. The van der Waals surface area contributed by atoms with E-state index >= 15 is 0 Å². The second-order valence-corrected chi connectivity index (χ2v) is 3.66. The van der Waals surface area contributed by atoms with Crippen molar-refractivity contribution in [1.29, 1.82) is 0 Å². The van der Waals surface area contributed by atoms with E-state index in [9.17, 15) is 19.8 Å². The summed E-state index contributed by atoms with van der Waals surface area (Å²) in [6.45, 7) is 0. The molecule has 0 aromatic heterocycles. The van der Waals surface area contributed by atoms with E-state index < -0.39 is 24.1 Å². The molecular weight excluding hydrogens is 216 g/mol. The summed E-state index contributed by atoms with van der Waals surface area (Å²) in [5.74, 6) is -2.96. The molecule has 6 nitrogen and oxygen atoms in total. The summed E-state index contributed by atoms with van der Waals surface area (Å²) in [5.41, 5.74) is 0. The predicted molar refractivity (Wildman–Crippen MR) is 49.7 cm³/mol. The molecule has 16 heavy (non-hydrogen) atoms. The van der Waals surface area contributed by atoms with Gasteiger partial charge < -0.3 is 30.0 Å². The largest absolute Gasteiger partial charge is 0.547 e. The fraction of sp³-hybridized carbons (Fsp3) is 0.800. The van der Waals surface area contributed by atoms with Gasteiger partial charge in [-0.25, -0.2) is 0 Å². The van der Waals surface area contributed by atoms with E-state index in [1.807, 2.05) is 0 Å². The second-order valence-electron chi connectivity index (χ2n) is 3.66. The first-order valence-corrected chi connectivity index (χ1v) is 5.23. The van der Waals surface area contributed by atoms with Crippen molar-refractivity contribution in [2.75, 3.05) is 0 Å². The maximum atomic E-state index is 10.1. The third-order valence-electron chi connectivity index (χ3n) is 2.25. The van der Waals surface area contributed by atoms with Crippen molar-refractivity contribution in [3.05, 3.63) is 0 Å². The van der Waals surface area contributed by atoms with Gasteiger partial charge in [-0.2, -0.15) is 0 Å². The van der Waals surface area contributed by atoms with E-state index in [-0.39, 0.29) is 12.8 Å². The highest BCUT2D eigenvalue weighted by Gasteiger charge is 2.05. The van der Waals surface area contributed by atoms with E-state index in [0.29, 0.717) is 25.7 Å². The minimum atomic E-state index is -1.48. The van der Waals surface area contributed by atoms with Crippen molar-refractivity contribution in [2.45, 2.75) is 50.7 Å². The maximum absolute atomic E-state index is 10.1. The van der Waals surface area contributed by atoms with Crippen LogP contribution >= 0.6 is 0 Å². The van der Waals surface area contributed by atoms with Gasteiger partial charge in [-0.05, 0) is 12.8 Å². The average molecular weight is 232 g/mol. The van der Waals surface area contributed by atoms with Crippen LogP contribution in [0, 0.1) is 0 Å². The summed E-state index contributed by atoms with van der Waals surface area (Å²) >= 11 is 0. The third kappa shape index (κ3) is 7.19. The molecule has 0 amide bonds. The standard InChI is InChI=1S/C10H18O6/c11-7(9(13)14)5-3-1-2-4-6-8(12)10(15)16/h7-8,11-12H,1-6H2,(H,13,14)(H,15,16)/p-2. The molecular formula is C10H16O6-2. The van der Waals surface area contributed by atoms with Crippen molar-refractivity contribution in [3.63, 3.8) is 0 Å². The molecule has 0 aromatic carbocycles. The molecule has 6 heteroatoms. The number of aliphatic hydroxyl groups is 2. The van der Waals surface area contributed by atoms with Gasteiger partial charge in [0.2, 0.25) is 0 Å². The molecule has 0 saturated heterocycles. The van der Waals surface area contributed by atoms with Crippen molar-refractivity contribution in [2.24, 2.45) is 0 Å². The summed E-state index contributed by atoms with van der Waals surface area (Å²) in [6.07, 6.45) is -0.222. The van der Waals surface area contributed by atoms with E-state index in [2.05, 4.69) is 0 Å². The number of carbonyl (C=O) groups is 2. The number of carboxylic acids is 2. The van der Waals surface area contributed by atoms with Crippen molar-refractivity contribution in [1.82, 2.24) is 0 Å². The maximum Gasteiger partial charge on any atom is 0.0933 e. The molecule has 0 radical (unpaired) electrons. The van der Waals surface area contributed by atoms with Crippen LogP contribution in [-0.4, -0.2) is 34.4 Å². The molecule has 2 atom stereocenters. The highest BCUT2D eigenvalue weighted by Crippen LogP contribution is 2.08. The van der Waals surface area contributed by atoms with Crippen LogP contribution in [0.3, 0.4) is 0 Å². The van der Waals surface area contributed by atoms with Crippen LogP contribution in [0.25, 0.3) is 0 Å². The van der Waals surface area contributed by atoms with Crippen LogP contribution in [0.4, 0.5) is 0 Å². The Morgan fingerprint density at radius 3 is 1.38 bits per heavy atom. The molecule has 0 aliphatic carbocycles. The number of aliphatic hydroxyl groups excluding tert-OH is 2. The zero-order valence-corrected chi connectivity index (χ0v) is 8.92. The number of carboxylic acid groups (broad SMARTS) is 2. The molecule has 0 rings (SSSR count). The SMILES string of the molecule is O=C([O-])C(O)CCCCCCC(O)C(=O)[O-]. The van der Waals surface area contributed by atoms with Crippen LogP contribution in [0.5, 0.6) is 0 Å². The Morgan fingerprint density at radius 1 is 0.812 bits per heavy atom. The molecule has 0 aliphatic heterocycles. The van der Waals surface area contributed by atoms with Gasteiger partial charge in [-0.1, -0.05) is 25.7 Å². The number of hydrogen-bond donors (Lipinski definition) is 2. The lowest BCUT2D eigenvalue weighted by molar-refractivity contribution is -0.316. The van der Waals surface area contributed by atoms with Crippen LogP contribution in [0.15, 0.2) is 0 Å². The van der Waals surface area contributed by atoms with Gasteiger partial charge in [0, 0.05) is 0 Å². The van der Waals surface area contributed by atoms with Gasteiger partial charge >= 0.3 is 0 Å². The highest BCUT2D eigenvalue weighted by atomic mass is 16.4. The van der Waals surface area contributed by atoms with E-state index in [1.165, 1.54) is 0 Å². The lowest BCUT2D eigenvalue weighted by atomic mass is 10.1. The molecule has 0 saturated carbocycles. The van der Waals surface area contributed by atoms with Crippen molar-refractivity contribution >= 4 is 11.9 Å². The molecule has 94 valence electrons. The molecule has 0 heterocycles. The van der Waals surface area contributed by atoms with Gasteiger partial charge in [-0.3, -0.25) is 0 Å². The Bertz CT molecular complexity index is 203. The molecule has 0 bridgehead atoms. The summed E-state index contributed by atoms with van der Waals surface area (Å²) in [4.78, 5) is 20.2. The van der Waals surface area contributed by atoms with Gasteiger partial charge in [0.05, 0.1) is 24.1 Å². The van der Waals surface area contributed by atoms with Crippen LogP contribution in [-0.2, 0) is 9.59 Å². The van der Waals surface area contributed by atoms with Crippen molar-refractivity contribution < 1.29 is 30.0 Å². The van der Waals surface area contributed by atoms with E-state index in [1.54, 1.807) is 0 Å². The number of hydrogen-bond acceptors (Lipinski definition) is 6. The lowest BCUT2D eigenvalue weighted by Gasteiger charge is -2.12. The average Bonchev–Trinajstić information content (AvgIpc) is 2.21. The summed E-state index contributed by atoms with van der Waals surface area (Å²) < 4.78 is 0. The van der Waals surface area contributed by atoms with Crippen LogP contribution in [0.2, 0.25) is 0 Å². The Kier molecular flexibility index (Phi) is 7.49. The first-order chi connectivity index (χ1) is 7.45. The number of carbonyl (C=O) groups excluding carboxylic acids is 2. The van der Waals surface area contributed by atoms with Gasteiger partial charge in [0.25, 0.3) is 0 Å². The molecule has 0 spiro atoms. The van der Waals surface area contributed by atoms with E-state index in [0.717, 1.165) is 0 Å². The fourth-order valence-corrected chi connectivity index (χ4v) is 1.26.